The number of rotatable bonds is 3. The molecule has 1 aliphatic carbocycles. The van der Waals surface area contributed by atoms with Crippen LogP contribution in [0.4, 0.5) is 19.0 Å². The Kier molecular flexibility index (Phi) is 3.77. The van der Waals surface area contributed by atoms with E-state index in [4.69, 9.17) is 0 Å². The van der Waals surface area contributed by atoms with Crippen LogP contribution in [0.2, 0.25) is 0 Å². The Morgan fingerprint density at radius 3 is 2.67 bits per heavy atom. The minimum atomic E-state index is -4.28. The third-order valence-corrected chi connectivity index (χ3v) is 4.75. The fourth-order valence-electron chi connectivity index (χ4n) is 2.76. The van der Waals surface area contributed by atoms with Crippen LogP contribution in [-0.2, 0) is 19.3 Å². The van der Waals surface area contributed by atoms with Gasteiger partial charge in [0.2, 0.25) is 0 Å². The lowest BCUT2D eigenvalue weighted by Gasteiger charge is -2.13. The lowest BCUT2D eigenvalue weighted by atomic mass is 9.97. The fourth-order valence-corrected chi connectivity index (χ4v) is 4.04. The van der Waals surface area contributed by atoms with Gasteiger partial charge >= 0.3 is 6.18 Å². The van der Waals surface area contributed by atoms with Crippen molar-refractivity contribution in [2.75, 3.05) is 11.9 Å². The summed E-state index contributed by atoms with van der Waals surface area (Å²) in [6.07, 6.45) is -1.14. The minimum absolute atomic E-state index is 0.149. The molecule has 114 valence electrons. The first-order chi connectivity index (χ1) is 9.98. The molecule has 0 aliphatic heterocycles. The number of aromatic nitrogens is 2. The standard InChI is InChI=1S/C14H16F3N3S/c1-2-18-12-11-8-5-3-4-6-9(8)21-13(11)20-10(19-12)7-14(15,16)17/h2-7H2,1H3,(H,18,19,20). The van der Waals surface area contributed by atoms with Crippen molar-refractivity contribution in [2.24, 2.45) is 0 Å². The fraction of sp³-hybridized carbons (Fsp3) is 0.571. The molecule has 1 N–H and O–H groups in total. The van der Waals surface area contributed by atoms with E-state index >= 15 is 0 Å². The molecular weight excluding hydrogens is 299 g/mol. The first kappa shape index (κ1) is 14.6. The number of aryl methyl sites for hydroxylation is 2. The number of hydrogen-bond donors (Lipinski definition) is 1. The molecule has 0 aromatic carbocycles. The van der Waals surface area contributed by atoms with Crippen molar-refractivity contribution in [3.8, 4) is 0 Å². The van der Waals surface area contributed by atoms with Crippen molar-refractivity contribution in [3.63, 3.8) is 0 Å². The van der Waals surface area contributed by atoms with Gasteiger partial charge in [-0.05, 0) is 38.2 Å². The van der Waals surface area contributed by atoms with Crippen LogP contribution in [0.5, 0.6) is 0 Å². The molecule has 0 unspecified atom stereocenters. The monoisotopic (exact) mass is 315 g/mol. The van der Waals surface area contributed by atoms with Crippen LogP contribution in [-0.4, -0.2) is 22.7 Å². The first-order valence-electron chi connectivity index (χ1n) is 7.09. The van der Waals surface area contributed by atoms with Gasteiger partial charge in [-0.15, -0.1) is 11.3 Å². The van der Waals surface area contributed by atoms with Crippen LogP contribution >= 0.6 is 11.3 Å². The van der Waals surface area contributed by atoms with Gasteiger partial charge in [-0.1, -0.05) is 0 Å². The molecule has 3 nitrogen and oxygen atoms in total. The molecule has 3 rings (SSSR count). The molecule has 2 heterocycles. The lowest BCUT2D eigenvalue weighted by molar-refractivity contribution is -0.128. The van der Waals surface area contributed by atoms with Crippen LogP contribution in [0.25, 0.3) is 10.2 Å². The second-order valence-corrected chi connectivity index (χ2v) is 6.29. The highest BCUT2D eigenvalue weighted by atomic mass is 32.1. The van der Waals surface area contributed by atoms with E-state index < -0.39 is 12.6 Å². The quantitative estimate of drug-likeness (QED) is 0.926. The molecule has 7 heteroatoms. The normalized spacial score (nSPS) is 15.2. The molecule has 0 atom stereocenters. The molecule has 21 heavy (non-hydrogen) atoms. The van der Waals surface area contributed by atoms with Crippen molar-refractivity contribution in [3.05, 3.63) is 16.3 Å². The predicted octanol–water partition coefficient (Wildman–Crippen LogP) is 4.11. The summed E-state index contributed by atoms with van der Waals surface area (Å²) in [5, 5.41) is 4.03. The first-order valence-corrected chi connectivity index (χ1v) is 7.91. The van der Waals surface area contributed by atoms with E-state index in [9.17, 15) is 13.2 Å². The number of nitrogens with zero attached hydrogens (tertiary/aromatic N) is 2. The van der Waals surface area contributed by atoms with Gasteiger partial charge in [0.05, 0.1) is 5.39 Å². The van der Waals surface area contributed by atoms with Gasteiger partial charge in [0.25, 0.3) is 0 Å². The third-order valence-electron chi connectivity index (χ3n) is 3.56. The van der Waals surface area contributed by atoms with Crippen molar-refractivity contribution in [1.29, 1.82) is 0 Å². The van der Waals surface area contributed by atoms with Gasteiger partial charge in [0.15, 0.2) is 0 Å². The van der Waals surface area contributed by atoms with E-state index in [1.54, 1.807) is 0 Å². The van der Waals surface area contributed by atoms with Gasteiger partial charge < -0.3 is 5.32 Å². The summed E-state index contributed by atoms with van der Waals surface area (Å²) >= 11 is 1.52. The average molecular weight is 315 g/mol. The van der Waals surface area contributed by atoms with E-state index in [0.29, 0.717) is 17.2 Å². The summed E-state index contributed by atoms with van der Waals surface area (Å²) in [5.74, 6) is 0.408. The Bertz CT molecular complexity index is 664. The molecule has 0 amide bonds. The highest BCUT2D eigenvalue weighted by molar-refractivity contribution is 7.19. The number of fused-ring (bicyclic) bond motifs is 3. The van der Waals surface area contributed by atoms with Crippen molar-refractivity contribution in [1.82, 2.24) is 9.97 Å². The van der Waals surface area contributed by atoms with E-state index in [1.165, 1.54) is 21.8 Å². The number of nitrogens with one attached hydrogen (secondary N) is 1. The van der Waals surface area contributed by atoms with Gasteiger partial charge in [0.1, 0.15) is 22.9 Å². The summed E-state index contributed by atoms with van der Waals surface area (Å²) in [5.41, 5.74) is 1.23. The number of halogens is 3. The predicted molar refractivity (Wildman–Crippen MR) is 78.0 cm³/mol. The maximum Gasteiger partial charge on any atom is 0.396 e. The number of anilines is 1. The highest BCUT2D eigenvalue weighted by Crippen LogP contribution is 2.39. The molecule has 2 aromatic heterocycles. The summed E-state index contributed by atoms with van der Waals surface area (Å²) in [6, 6.07) is 0. The zero-order valence-electron chi connectivity index (χ0n) is 11.7. The Balaban J connectivity index is 2.13. The summed E-state index contributed by atoms with van der Waals surface area (Å²) in [6.45, 7) is 2.54. The zero-order chi connectivity index (χ0) is 15.0. The SMILES string of the molecule is CCNc1nc(CC(F)(F)F)nc2sc3c(c12)CCCC3. The van der Waals surface area contributed by atoms with Gasteiger partial charge in [-0.3, -0.25) is 0 Å². The number of alkyl halides is 3. The number of thiophene rings is 1. The van der Waals surface area contributed by atoms with Gasteiger partial charge in [-0.25, -0.2) is 9.97 Å². The van der Waals surface area contributed by atoms with Crippen LogP contribution in [0.1, 0.15) is 36.0 Å². The minimum Gasteiger partial charge on any atom is -0.370 e. The Morgan fingerprint density at radius 1 is 1.19 bits per heavy atom. The lowest BCUT2D eigenvalue weighted by Crippen LogP contribution is -2.15. The molecule has 2 aromatic rings. The molecule has 0 bridgehead atoms. The molecule has 1 aliphatic rings. The van der Waals surface area contributed by atoms with Gasteiger partial charge in [-0.2, -0.15) is 13.2 Å². The van der Waals surface area contributed by atoms with Crippen LogP contribution in [0, 0.1) is 0 Å². The zero-order valence-corrected chi connectivity index (χ0v) is 12.5. The van der Waals surface area contributed by atoms with E-state index in [-0.39, 0.29) is 5.82 Å². The largest absolute Gasteiger partial charge is 0.396 e. The Hall–Kier alpha value is -1.37. The maximum atomic E-state index is 12.6. The summed E-state index contributed by atoms with van der Waals surface area (Å²) in [7, 11) is 0. The molecule has 0 spiro atoms. The number of hydrogen-bond acceptors (Lipinski definition) is 4. The van der Waals surface area contributed by atoms with E-state index in [2.05, 4.69) is 15.3 Å². The topological polar surface area (TPSA) is 37.8 Å². The second-order valence-electron chi connectivity index (χ2n) is 5.20. The summed E-state index contributed by atoms with van der Waals surface area (Å²) < 4.78 is 37.8. The molecule has 0 saturated heterocycles. The second kappa shape index (κ2) is 5.44. The molecule has 0 fully saturated rings. The van der Waals surface area contributed by atoms with Crippen LogP contribution in [0.3, 0.4) is 0 Å². The molecule has 0 radical (unpaired) electrons. The van der Waals surface area contributed by atoms with Crippen LogP contribution < -0.4 is 5.32 Å². The van der Waals surface area contributed by atoms with Crippen molar-refractivity contribution < 1.29 is 13.2 Å². The van der Waals surface area contributed by atoms with Crippen molar-refractivity contribution in [2.45, 2.75) is 45.2 Å². The van der Waals surface area contributed by atoms with Crippen molar-refractivity contribution >= 4 is 27.4 Å². The third kappa shape index (κ3) is 2.97. The average Bonchev–Trinajstić information content (AvgIpc) is 2.75. The Morgan fingerprint density at radius 2 is 1.95 bits per heavy atom. The highest BCUT2D eigenvalue weighted by Gasteiger charge is 2.30. The van der Waals surface area contributed by atoms with E-state index in [0.717, 1.165) is 31.1 Å². The summed E-state index contributed by atoms with van der Waals surface area (Å²) in [4.78, 5) is 10.2. The van der Waals surface area contributed by atoms with Gasteiger partial charge in [0, 0.05) is 11.4 Å². The van der Waals surface area contributed by atoms with E-state index in [1.807, 2.05) is 6.92 Å². The smallest absolute Gasteiger partial charge is 0.370 e. The van der Waals surface area contributed by atoms with Crippen LogP contribution in [0.15, 0.2) is 0 Å². The Labute approximate surface area is 124 Å². The molecular formula is C14H16F3N3S. The maximum absolute atomic E-state index is 12.6. The molecule has 0 saturated carbocycles.